The van der Waals surface area contributed by atoms with E-state index in [-0.39, 0.29) is 5.38 Å². The number of halogens is 1. The third-order valence-corrected chi connectivity index (χ3v) is 4.90. The van der Waals surface area contributed by atoms with Crippen LogP contribution in [0.4, 0.5) is 0 Å². The fraction of sp³-hybridized carbons (Fsp3) is 0.647. The summed E-state index contributed by atoms with van der Waals surface area (Å²) in [5, 5.41) is -0.0910. The second kappa shape index (κ2) is 5.60. The van der Waals surface area contributed by atoms with Gasteiger partial charge in [-0.15, -0.1) is 11.6 Å². The van der Waals surface area contributed by atoms with Crippen LogP contribution in [-0.4, -0.2) is 14.5 Å². The van der Waals surface area contributed by atoms with Gasteiger partial charge in [0, 0.05) is 12.7 Å². The Morgan fingerprint density at radius 1 is 1.33 bits per heavy atom. The van der Waals surface area contributed by atoms with Crippen LogP contribution in [0.2, 0.25) is 0 Å². The molecular formula is C17H24ClN3. The molecule has 0 N–H and O–H groups in total. The molecule has 3 rings (SSSR count). The average Bonchev–Trinajstić information content (AvgIpc) is 2.77. The van der Waals surface area contributed by atoms with Gasteiger partial charge in [0.15, 0.2) is 5.65 Å². The lowest BCUT2D eigenvalue weighted by Crippen LogP contribution is -2.27. The molecule has 1 atom stereocenters. The van der Waals surface area contributed by atoms with E-state index in [1.54, 1.807) is 0 Å². The van der Waals surface area contributed by atoms with Gasteiger partial charge in [0.25, 0.3) is 0 Å². The van der Waals surface area contributed by atoms with Crippen molar-refractivity contribution in [2.75, 3.05) is 0 Å². The Labute approximate surface area is 131 Å². The Morgan fingerprint density at radius 2 is 2.05 bits per heavy atom. The van der Waals surface area contributed by atoms with Gasteiger partial charge >= 0.3 is 0 Å². The Kier molecular flexibility index (Phi) is 3.96. The molecule has 0 radical (unpaired) electrons. The summed E-state index contributed by atoms with van der Waals surface area (Å²) >= 11 is 6.37. The topological polar surface area (TPSA) is 30.7 Å². The number of aryl methyl sites for hydroxylation is 1. The summed E-state index contributed by atoms with van der Waals surface area (Å²) in [6.45, 7) is 7.42. The summed E-state index contributed by atoms with van der Waals surface area (Å²) in [6, 6.07) is 2.10. The smallest absolute Gasteiger partial charge is 0.160 e. The van der Waals surface area contributed by atoms with Crippen molar-refractivity contribution in [1.82, 2.24) is 14.5 Å². The lowest BCUT2D eigenvalue weighted by atomic mass is 9.75. The lowest BCUT2D eigenvalue weighted by Gasteiger charge is -2.34. The second-order valence-corrected chi connectivity index (χ2v) is 7.55. The summed E-state index contributed by atoms with van der Waals surface area (Å²) in [5.41, 5.74) is 3.44. The number of imidazole rings is 1. The molecule has 0 spiro atoms. The van der Waals surface area contributed by atoms with Gasteiger partial charge in [0.2, 0.25) is 0 Å². The van der Waals surface area contributed by atoms with E-state index in [0.717, 1.165) is 29.1 Å². The molecule has 4 heteroatoms. The molecule has 1 aliphatic rings. The molecule has 1 unspecified atom stereocenters. The number of nitrogens with zero attached hydrogens (tertiary/aromatic N) is 3. The summed E-state index contributed by atoms with van der Waals surface area (Å²) in [7, 11) is 0. The molecule has 2 aromatic rings. The summed E-state index contributed by atoms with van der Waals surface area (Å²) in [4.78, 5) is 9.36. The first-order chi connectivity index (χ1) is 9.98. The average molecular weight is 306 g/mol. The minimum Gasteiger partial charge on any atom is -0.311 e. The molecule has 0 aliphatic heterocycles. The number of pyridine rings is 1. The van der Waals surface area contributed by atoms with E-state index >= 15 is 0 Å². The number of aromatic nitrogens is 3. The zero-order valence-corrected chi connectivity index (χ0v) is 14.0. The predicted molar refractivity (Wildman–Crippen MR) is 87.7 cm³/mol. The van der Waals surface area contributed by atoms with Crippen molar-refractivity contribution >= 4 is 22.8 Å². The van der Waals surface area contributed by atoms with Crippen molar-refractivity contribution in [3.63, 3.8) is 0 Å². The Bertz CT molecular complexity index is 639. The molecule has 2 aromatic heterocycles. The van der Waals surface area contributed by atoms with Crippen LogP contribution in [0.1, 0.15) is 62.7 Å². The zero-order valence-electron chi connectivity index (χ0n) is 13.2. The highest BCUT2D eigenvalue weighted by atomic mass is 35.5. The van der Waals surface area contributed by atoms with Crippen LogP contribution >= 0.6 is 11.6 Å². The Morgan fingerprint density at radius 3 is 2.71 bits per heavy atom. The molecule has 0 aromatic carbocycles. The van der Waals surface area contributed by atoms with Crippen LogP contribution in [0, 0.1) is 12.3 Å². The molecule has 1 saturated carbocycles. The van der Waals surface area contributed by atoms with Crippen LogP contribution in [0.25, 0.3) is 11.2 Å². The van der Waals surface area contributed by atoms with E-state index in [9.17, 15) is 0 Å². The highest BCUT2D eigenvalue weighted by Crippen LogP contribution is 2.39. The highest BCUT2D eigenvalue weighted by Gasteiger charge is 2.29. The van der Waals surface area contributed by atoms with Crippen LogP contribution in [0.5, 0.6) is 0 Å². The fourth-order valence-electron chi connectivity index (χ4n) is 3.53. The molecule has 21 heavy (non-hydrogen) atoms. The summed E-state index contributed by atoms with van der Waals surface area (Å²) in [5.74, 6) is 0.955. The largest absolute Gasteiger partial charge is 0.311 e. The van der Waals surface area contributed by atoms with Crippen LogP contribution in [0.15, 0.2) is 12.3 Å². The number of rotatable bonds is 3. The minimum atomic E-state index is -0.0910. The molecule has 1 fully saturated rings. The molecule has 2 heterocycles. The zero-order chi connectivity index (χ0) is 15.0. The van der Waals surface area contributed by atoms with Crippen molar-refractivity contribution in [2.24, 2.45) is 5.41 Å². The number of fused-ring (bicyclic) bond motifs is 1. The SMILES string of the molecule is Cc1cnc2c(c1)nc(C(C)Cl)n2CC1(C)CCCCC1. The monoisotopic (exact) mass is 305 g/mol. The van der Waals surface area contributed by atoms with Crippen LogP contribution < -0.4 is 0 Å². The fourth-order valence-corrected chi connectivity index (χ4v) is 3.70. The van der Waals surface area contributed by atoms with Gasteiger partial charge in [-0.2, -0.15) is 0 Å². The maximum Gasteiger partial charge on any atom is 0.160 e. The maximum absolute atomic E-state index is 6.37. The van der Waals surface area contributed by atoms with Gasteiger partial charge in [0.05, 0.1) is 5.38 Å². The second-order valence-electron chi connectivity index (χ2n) is 6.90. The number of alkyl halides is 1. The van der Waals surface area contributed by atoms with E-state index in [1.165, 1.54) is 32.1 Å². The first-order valence-electron chi connectivity index (χ1n) is 7.95. The maximum atomic E-state index is 6.37. The van der Waals surface area contributed by atoms with Gasteiger partial charge in [0.1, 0.15) is 11.3 Å². The van der Waals surface area contributed by atoms with Gasteiger partial charge in [-0.1, -0.05) is 26.2 Å². The van der Waals surface area contributed by atoms with E-state index in [2.05, 4.69) is 29.5 Å². The van der Waals surface area contributed by atoms with Gasteiger partial charge < -0.3 is 4.57 Å². The van der Waals surface area contributed by atoms with Crippen molar-refractivity contribution in [1.29, 1.82) is 0 Å². The quantitative estimate of drug-likeness (QED) is 0.746. The molecule has 0 saturated heterocycles. The van der Waals surface area contributed by atoms with Gasteiger partial charge in [-0.05, 0) is 43.7 Å². The van der Waals surface area contributed by atoms with Gasteiger partial charge in [-0.25, -0.2) is 9.97 Å². The molecule has 114 valence electrons. The standard InChI is InChI=1S/C17H24ClN3/c1-12-9-14-16(19-10-12)21(15(20-14)13(2)18)11-17(3)7-5-4-6-8-17/h9-10,13H,4-8,11H2,1-3H3. The molecule has 3 nitrogen and oxygen atoms in total. The predicted octanol–water partition coefficient (Wildman–Crippen LogP) is 5.01. The lowest BCUT2D eigenvalue weighted by molar-refractivity contribution is 0.183. The van der Waals surface area contributed by atoms with Gasteiger partial charge in [-0.3, -0.25) is 0 Å². The van der Waals surface area contributed by atoms with Crippen molar-refractivity contribution < 1.29 is 0 Å². The van der Waals surface area contributed by atoms with Crippen LogP contribution in [-0.2, 0) is 6.54 Å². The summed E-state index contributed by atoms with van der Waals surface area (Å²) in [6.07, 6.45) is 8.54. The van der Waals surface area contributed by atoms with E-state index in [0.29, 0.717) is 5.41 Å². The van der Waals surface area contributed by atoms with Crippen molar-refractivity contribution in [3.8, 4) is 0 Å². The minimum absolute atomic E-state index is 0.0910. The summed E-state index contributed by atoms with van der Waals surface area (Å²) < 4.78 is 2.26. The first-order valence-corrected chi connectivity index (χ1v) is 8.39. The Balaban J connectivity index is 2.04. The number of hydrogen-bond acceptors (Lipinski definition) is 2. The molecule has 0 bridgehead atoms. The highest BCUT2D eigenvalue weighted by molar-refractivity contribution is 6.20. The third-order valence-electron chi connectivity index (χ3n) is 4.71. The van der Waals surface area contributed by atoms with Crippen molar-refractivity contribution in [2.45, 2.75) is 64.8 Å². The Hall–Kier alpha value is -1.09. The normalized spacial score (nSPS) is 19.8. The molecule has 1 aliphatic carbocycles. The van der Waals surface area contributed by atoms with Crippen molar-refractivity contribution in [3.05, 3.63) is 23.7 Å². The van der Waals surface area contributed by atoms with Crippen LogP contribution in [0.3, 0.4) is 0 Å². The van der Waals surface area contributed by atoms with E-state index < -0.39 is 0 Å². The molecule has 0 amide bonds. The molecular weight excluding hydrogens is 282 g/mol. The third kappa shape index (κ3) is 2.94. The van der Waals surface area contributed by atoms with E-state index in [4.69, 9.17) is 16.6 Å². The van der Waals surface area contributed by atoms with E-state index in [1.807, 2.05) is 13.1 Å². The number of hydrogen-bond donors (Lipinski definition) is 0. The first kappa shape index (κ1) is 14.8.